The van der Waals surface area contributed by atoms with Crippen LogP contribution in [0.15, 0.2) is 17.0 Å². The van der Waals surface area contributed by atoms with Crippen molar-refractivity contribution in [2.75, 3.05) is 5.32 Å². The Kier molecular flexibility index (Phi) is 1.77. The first-order valence-corrected chi connectivity index (χ1v) is 4.85. The quantitative estimate of drug-likeness (QED) is 0.642. The van der Waals surface area contributed by atoms with Gasteiger partial charge >= 0.3 is 0 Å². The summed E-state index contributed by atoms with van der Waals surface area (Å²) in [6, 6.07) is 4.35. The Balaban J connectivity index is 2.48. The highest BCUT2D eigenvalue weighted by molar-refractivity contribution is 8.00. The van der Waals surface area contributed by atoms with Crippen molar-refractivity contribution in [2.24, 2.45) is 5.73 Å². The van der Waals surface area contributed by atoms with E-state index in [2.05, 4.69) is 31.3 Å². The van der Waals surface area contributed by atoms with Crippen molar-refractivity contribution in [1.82, 2.24) is 0 Å². The van der Waals surface area contributed by atoms with Crippen LogP contribution >= 0.6 is 11.8 Å². The second-order valence-corrected chi connectivity index (χ2v) is 4.30. The van der Waals surface area contributed by atoms with Crippen LogP contribution in [0.1, 0.15) is 11.1 Å². The molecule has 0 fully saturated rings. The lowest BCUT2D eigenvalue weighted by Crippen LogP contribution is -2.20. The molecule has 0 spiro atoms. The molecule has 2 rings (SSSR count). The van der Waals surface area contributed by atoms with E-state index in [-0.39, 0.29) is 5.50 Å². The highest BCUT2D eigenvalue weighted by Gasteiger charge is 2.17. The number of benzene rings is 1. The van der Waals surface area contributed by atoms with Gasteiger partial charge in [-0.25, -0.2) is 0 Å². The molecule has 0 saturated carbocycles. The van der Waals surface area contributed by atoms with Crippen LogP contribution in [0, 0.1) is 13.8 Å². The third kappa shape index (κ3) is 1.19. The Labute approximate surface area is 76.5 Å². The molecular formula is C9H12N2S. The number of anilines is 1. The first-order chi connectivity index (χ1) is 5.66. The number of fused-ring (bicyclic) bond motifs is 1. The van der Waals surface area contributed by atoms with Crippen molar-refractivity contribution in [3.63, 3.8) is 0 Å². The molecular weight excluding hydrogens is 168 g/mol. The Hall–Kier alpha value is -0.670. The molecule has 3 N–H and O–H groups in total. The van der Waals surface area contributed by atoms with Gasteiger partial charge in [-0.3, -0.25) is 0 Å². The van der Waals surface area contributed by atoms with Crippen LogP contribution in [0.4, 0.5) is 5.69 Å². The minimum atomic E-state index is 0.0289. The fourth-order valence-corrected chi connectivity index (χ4v) is 2.27. The van der Waals surface area contributed by atoms with Gasteiger partial charge in [-0.2, -0.15) is 0 Å². The molecule has 1 aliphatic heterocycles. The van der Waals surface area contributed by atoms with E-state index in [1.165, 1.54) is 21.7 Å². The summed E-state index contributed by atoms with van der Waals surface area (Å²) in [5.41, 5.74) is 9.59. The average molecular weight is 180 g/mol. The van der Waals surface area contributed by atoms with Gasteiger partial charge in [0.05, 0.1) is 5.69 Å². The van der Waals surface area contributed by atoms with Gasteiger partial charge in [0.25, 0.3) is 0 Å². The minimum absolute atomic E-state index is 0.0289. The molecule has 3 heteroatoms. The van der Waals surface area contributed by atoms with Crippen LogP contribution in [0.3, 0.4) is 0 Å². The van der Waals surface area contributed by atoms with Crippen molar-refractivity contribution in [1.29, 1.82) is 0 Å². The van der Waals surface area contributed by atoms with E-state index in [0.29, 0.717) is 0 Å². The van der Waals surface area contributed by atoms with E-state index in [1.807, 2.05) is 0 Å². The normalized spacial score (nSPS) is 20.4. The summed E-state index contributed by atoms with van der Waals surface area (Å²) < 4.78 is 0. The molecule has 1 aromatic rings. The summed E-state index contributed by atoms with van der Waals surface area (Å²) in [5, 5.41) is 3.21. The maximum Gasteiger partial charge on any atom is 0.127 e. The molecule has 0 bridgehead atoms. The fourth-order valence-electron chi connectivity index (χ4n) is 1.32. The summed E-state index contributed by atoms with van der Waals surface area (Å²) in [7, 11) is 0. The van der Waals surface area contributed by atoms with E-state index >= 15 is 0 Å². The lowest BCUT2D eigenvalue weighted by Gasteiger charge is -2.03. The maximum atomic E-state index is 5.74. The van der Waals surface area contributed by atoms with Gasteiger partial charge in [0, 0.05) is 4.90 Å². The third-order valence-corrected chi connectivity index (χ3v) is 3.11. The summed E-state index contributed by atoms with van der Waals surface area (Å²) in [6.45, 7) is 4.24. The molecule has 1 aromatic carbocycles. The van der Waals surface area contributed by atoms with Crippen LogP contribution in [-0.4, -0.2) is 5.50 Å². The van der Waals surface area contributed by atoms with Crippen LogP contribution in [-0.2, 0) is 0 Å². The highest BCUT2D eigenvalue weighted by Crippen LogP contribution is 2.37. The van der Waals surface area contributed by atoms with Crippen LogP contribution < -0.4 is 11.1 Å². The molecule has 2 nitrogen and oxygen atoms in total. The Bertz CT molecular complexity index is 292. The lowest BCUT2D eigenvalue weighted by atomic mass is 10.1. The summed E-state index contributed by atoms with van der Waals surface area (Å²) in [6.07, 6.45) is 0. The molecule has 0 aliphatic carbocycles. The molecule has 1 heterocycles. The van der Waals surface area contributed by atoms with Gasteiger partial charge in [0.15, 0.2) is 0 Å². The van der Waals surface area contributed by atoms with E-state index in [0.717, 1.165) is 0 Å². The van der Waals surface area contributed by atoms with Crippen molar-refractivity contribution >= 4 is 17.4 Å². The van der Waals surface area contributed by atoms with Crippen molar-refractivity contribution in [3.05, 3.63) is 23.3 Å². The number of hydrogen-bond donors (Lipinski definition) is 2. The summed E-state index contributed by atoms with van der Waals surface area (Å²) in [4.78, 5) is 1.27. The van der Waals surface area contributed by atoms with Gasteiger partial charge < -0.3 is 11.1 Å². The second kappa shape index (κ2) is 2.68. The number of rotatable bonds is 0. The minimum Gasteiger partial charge on any atom is -0.360 e. The Morgan fingerprint density at radius 3 is 2.75 bits per heavy atom. The monoisotopic (exact) mass is 180 g/mol. The van der Waals surface area contributed by atoms with Gasteiger partial charge in [-0.05, 0) is 37.1 Å². The molecule has 0 saturated heterocycles. The largest absolute Gasteiger partial charge is 0.360 e. The molecule has 64 valence electrons. The topological polar surface area (TPSA) is 38.0 Å². The number of aryl methyl sites for hydroxylation is 2. The van der Waals surface area contributed by atoms with E-state index in [1.54, 1.807) is 11.8 Å². The van der Waals surface area contributed by atoms with E-state index in [9.17, 15) is 0 Å². The standard InChI is InChI=1S/C9H12N2S/c1-5-3-7-8(4-6(5)2)12-9(10)11-7/h3-4,9,11H,10H2,1-2H3. The lowest BCUT2D eigenvalue weighted by molar-refractivity contribution is 1.08. The number of nitrogens with two attached hydrogens (primary N) is 1. The number of hydrogen-bond acceptors (Lipinski definition) is 3. The Morgan fingerprint density at radius 1 is 1.33 bits per heavy atom. The average Bonchev–Trinajstić information content (AvgIpc) is 2.30. The van der Waals surface area contributed by atoms with Crippen molar-refractivity contribution in [2.45, 2.75) is 24.2 Å². The van der Waals surface area contributed by atoms with Crippen LogP contribution in [0.5, 0.6) is 0 Å². The SMILES string of the molecule is Cc1cc2c(cc1C)SC(N)N2. The maximum absolute atomic E-state index is 5.74. The van der Waals surface area contributed by atoms with Crippen LogP contribution in [0.2, 0.25) is 0 Å². The second-order valence-electron chi connectivity index (χ2n) is 3.12. The molecule has 1 atom stereocenters. The van der Waals surface area contributed by atoms with Gasteiger partial charge in [0.1, 0.15) is 5.50 Å². The van der Waals surface area contributed by atoms with Gasteiger partial charge in [0.2, 0.25) is 0 Å². The molecule has 0 radical (unpaired) electrons. The number of nitrogens with one attached hydrogen (secondary N) is 1. The molecule has 12 heavy (non-hydrogen) atoms. The molecule has 0 amide bonds. The first-order valence-electron chi connectivity index (χ1n) is 3.97. The van der Waals surface area contributed by atoms with Gasteiger partial charge in [-0.15, -0.1) is 0 Å². The van der Waals surface area contributed by atoms with Gasteiger partial charge in [-0.1, -0.05) is 11.8 Å². The zero-order valence-corrected chi connectivity index (χ0v) is 8.03. The summed E-state index contributed by atoms with van der Waals surface area (Å²) in [5.74, 6) is 0. The molecule has 0 aromatic heterocycles. The number of thioether (sulfide) groups is 1. The molecule has 1 unspecified atom stereocenters. The fraction of sp³-hybridized carbons (Fsp3) is 0.333. The molecule has 1 aliphatic rings. The van der Waals surface area contributed by atoms with E-state index < -0.39 is 0 Å². The van der Waals surface area contributed by atoms with E-state index in [4.69, 9.17) is 5.73 Å². The Morgan fingerprint density at radius 2 is 2.00 bits per heavy atom. The van der Waals surface area contributed by atoms with Crippen molar-refractivity contribution in [3.8, 4) is 0 Å². The first kappa shape index (κ1) is 7.95. The van der Waals surface area contributed by atoms with Crippen LogP contribution in [0.25, 0.3) is 0 Å². The smallest absolute Gasteiger partial charge is 0.127 e. The highest BCUT2D eigenvalue weighted by atomic mass is 32.2. The predicted octanol–water partition coefficient (Wildman–Crippen LogP) is 2.06. The third-order valence-electron chi connectivity index (χ3n) is 2.15. The zero-order valence-electron chi connectivity index (χ0n) is 7.22. The summed E-state index contributed by atoms with van der Waals surface area (Å²) >= 11 is 1.68. The zero-order chi connectivity index (χ0) is 8.72. The van der Waals surface area contributed by atoms with Crippen molar-refractivity contribution < 1.29 is 0 Å². The predicted molar refractivity (Wildman–Crippen MR) is 53.4 cm³/mol.